The van der Waals surface area contributed by atoms with E-state index < -0.39 is 0 Å². The Balaban J connectivity index is 1.45. The fraction of sp³-hybridized carbons (Fsp3) is 0.345. The van der Waals surface area contributed by atoms with Crippen LogP contribution in [0, 0.1) is 6.92 Å². The van der Waals surface area contributed by atoms with Crippen molar-refractivity contribution < 1.29 is 19.0 Å². The second kappa shape index (κ2) is 11.8. The van der Waals surface area contributed by atoms with Crippen LogP contribution in [0.5, 0.6) is 11.5 Å². The number of rotatable bonds is 9. The minimum atomic E-state index is -0.312. The third-order valence-corrected chi connectivity index (χ3v) is 6.48. The lowest BCUT2D eigenvalue weighted by Gasteiger charge is -2.30. The van der Waals surface area contributed by atoms with Crippen LogP contribution < -0.4 is 14.8 Å². The molecule has 4 rings (SSSR count). The van der Waals surface area contributed by atoms with Gasteiger partial charge < -0.3 is 19.5 Å². The van der Waals surface area contributed by atoms with E-state index in [1.54, 1.807) is 7.11 Å². The normalized spacial score (nSPS) is 19.4. The van der Waals surface area contributed by atoms with E-state index >= 15 is 0 Å². The van der Waals surface area contributed by atoms with Gasteiger partial charge in [0.15, 0.2) is 0 Å². The van der Waals surface area contributed by atoms with Crippen LogP contribution in [0.4, 0.5) is 4.79 Å². The van der Waals surface area contributed by atoms with Gasteiger partial charge in [0.05, 0.1) is 13.2 Å². The highest BCUT2D eigenvalue weighted by atomic mass is 16.6. The zero-order valence-electron chi connectivity index (χ0n) is 20.6. The number of hydrogen-bond acceptors (Lipinski definition) is 5. The van der Waals surface area contributed by atoms with Crippen molar-refractivity contribution in [3.8, 4) is 11.5 Å². The second-order valence-electron chi connectivity index (χ2n) is 9.06. The number of methoxy groups -OCH3 is 1. The topological polar surface area (TPSA) is 60.0 Å². The van der Waals surface area contributed by atoms with Crippen molar-refractivity contribution >= 4 is 6.09 Å². The molecule has 3 aromatic rings. The minimum absolute atomic E-state index is 0.0262. The Kier molecular flexibility index (Phi) is 8.27. The van der Waals surface area contributed by atoms with Gasteiger partial charge in [-0.15, -0.1) is 0 Å². The Bertz CT molecular complexity index is 1070. The van der Waals surface area contributed by atoms with Crippen LogP contribution in [-0.2, 0) is 17.9 Å². The van der Waals surface area contributed by atoms with E-state index in [0.29, 0.717) is 13.2 Å². The molecule has 184 valence electrons. The highest BCUT2D eigenvalue weighted by molar-refractivity contribution is 5.69. The Morgan fingerprint density at radius 3 is 2.31 bits per heavy atom. The molecule has 1 aliphatic rings. The number of likely N-dealkylation sites (tertiary alicyclic amines) is 1. The molecular formula is C29H34N2O4. The lowest BCUT2D eigenvalue weighted by Crippen LogP contribution is -2.49. The van der Waals surface area contributed by atoms with Crippen molar-refractivity contribution in [2.75, 3.05) is 13.7 Å². The molecule has 3 aromatic carbocycles. The highest BCUT2D eigenvalue weighted by Gasteiger charge is 2.43. The minimum Gasteiger partial charge on any atom is -0.497 e. The molecule has 0 unspecified atom stereocenters. The Morgan fingerprint density at radius 2 is 1.63 bits per heavy atom. The summed E-state index contributed by atoms with van der Waals surface area (Å²) in [6.45, 7) is 5.44. The molecule has 6 heteroatoms. The third kappa shape index (κ3) is 6.55. The second-order valence-corrected chi connectivity index (χ2v) is 9.06. The molecule has 35 heavy (non-hydrogen) atoms. The van der Waals surface area contributed by atoms with Crippen molar-refractivity contribution in [2.45, 2.75) is 51.5 Å². The molecule has 0 aliphatic carbocycles. The number of carbonyl (C=O) groups excluding carboxylic acids is 1. The van der Waals surface area contributed by atoms with Crippen LogP contribution in [-0.4, -0.2) is 42.8 Å². The van der Waals surface area contributed by atoms with E-state index in [1.165, 1.54) is 5.56 Å². The largest absolute Gasteiger partial charge is 0.497 e. The number of hydrogen-bond donors (Lipinski definition) is 1. The van der Waals surface area contributed by atoms with Gasteiger partial charge >= 0.3 is 6.09 Å². The predicted octanol–water partition coefficient (Wildman–Crippen LogP) is 5.34. The Labute approximate surface area is 207 Å². The van der Waals surface area contributed by atoms with Gasteiger partial charge in [-0.3, -0.25) is 4.90 Å². The number of carbonyl (C=O) groups is 1. The van der Waals surface area contributed by atoms with Crippen molar-refractivity contribution in [2.24, 2.45) is 0 Å². The standard InChI is InChI=1S/C29H34N2O4/c1-21-9-13-26(14-10-21)34-20-28-27(30-18-23-11-15-25(33-3)16-12-23)17-22(2)31(28)29(32)35-19-24-7-5-4-6-8-24/h4-16,22,27-28,30H,17-20H2,1-3H3/t22-,27+,28+/m1/s1. The van der Waals surface area contributed by atoms with Crippen LogP contribution in [0.3, 0.4) is 0 Å². The zero-order valence-corrected chi connectivity index (χ0v) is 20.6. The SMILES string of the molecule is COc1ccc(CN[C@H]2C[C@@H](C)N(C(=O)OCc3ccccc3)[C@H]2COc2ccc(C)cc2)cc1. The summed E-state index contributed by atoms with van der Waals surface area (Å²) < 4.78 is 17.1. The molecule has 1 heterocycles. The smallest absolute Gasteiger partial charge is 0.410 e. The van der Waals surface area contributed by atoms with Crippen LogP contribution >= 0.6 is 0 Å². The van der Waals surface area contributed by atoms with Crippen molar-refractivity contribution in [3.05, 3.63) is 95.6 Å². The Morgan fingerprint density at radius 1 is 0.943 bits per heavy atom. The molecule has 1 N–H and O–H groups in total. The molecule has 1 amide bonds. The van der Waals surface area contributed by atoms with Gasteiger partial charge in [0, 0.05) is 18.6 Å². The van der Waals surface area contributed by atoms with Crippen LogP contribution in [0.1, 0.15) is 30.0 Å². The zero-order chi connectivity index (χ0) is 24.6. The van der Waals surface area contributed by atoms with Gasteiger partial charge in [-0.05, 0) is 55.7 Å². The maximum absolute atomic E-state index is 13.2. The average Bonchev–Trinajstić information content (AvgIpc) is 3.21. The molecule has 1 fully saturated rings. The monoisotopic (exact) mass is 474 g/mol. The summed E-state index contributed by atoms with van der Waals surface area (Å²) in [5, 5.41) is 3.65. The van der Waals surface area contributed by atoms with Crippen LogP contribution in [0.15, 0.2) is 78.9 Å². The molecular weight excluding hydrogens is 440 g/mol. The molecule has 0 saturated carbocycles. The van der Waals surface area contributed by atoms with Gasteiger partial charge in [0.25, 0.3) is 0 Å². The molecule has 0 spiro atoms. The predicted molar refractivity (Wildman–Crippen MR) is 137 cm³/mol. The van der Waals surface area contributed by atoms with E-state index in [0.717, 1.165) is 29.0 Å². The van der Waals surface area contributed by atoms with Gasteiger partial charge in [-0.1, -0.05) is 60.2 Å². The van der Waals surface area contributed by atoms with Crippen LogP contribution in [0.2, 0.25) is 0 Å². The number of amides is 1. The molecule has 6 nitrogen and oxygen atoms in total. The summed E-state index contributed by atoms with van der Waals surface area (Å²) in [6.07, 6.45) is 0.506. The molecule has 0 aromatic heterocycles. The third-order valence-electron chi connectivity index (χ3n) is 6.48. The number of nitrogens with zero attached hydrogens (tertiary/aromatic N) is 1. The number of nitrogens with one attached hydrogen (secondary N) is 1. The Hall–Kier alpha value is -3.51. The average molecular weight is 475 g/mol. The van der Waals surface area contributed by atoms with E-state index in [-0.39, 0.29) is 30.8 Å². The summed E-state index contributed by atoms with van der Waals surface area (Å²) in [5.41, 5.74) is 3.30. The van der Waals surface area contributed by atoms with Gasteiger partial charge in [-0.25, -0.2) is 4.79 Å². The van der Waals surface area contributed by atoms with Crippen molar-refractivity contribution in [1.82, 2.24) is 10.2 Å². The molecule has 1 aliphatic heterocycles. The van der Waals surface area contributed by atoms with Gasteiger partial charge in [-0.2, -0.15) is 0 Å². The maximum Gasteiger partial charge on any atom is 0.410 e. The molecule has 3 atom stereocenters. The summed E-state index contributed by atoms with van der Waals surface area (Å²) >= 11 is 0. The first-order valence-electron chi connectivity index (χ1n) is 12.1. The van der Waals surface area contributed by atoms with Gasteiger partial charge in [0.2, 0.25) is 0 Å². The summed E-state index contributed by atoms with van der Waals surface area (Å²) in [4.78, 5) is 15.0. The first-order valence-corrected chi connectivity index (χ1v) is 12.1. The van der Waals surface area contributed by atoms with E-state index in [2.05, 4.69) is 12.2 Å². The summed E-state index contributed by atoms with van der Waals surface area (Å²) in [6, 6.07) is 25.7. The maximum atomic E-state index is 13.2. The first kappa shape index (κ1) is 24.6. The first-order chi connectivity index (χ1) is 17.0. The van der Waals surface area contributed by atoms with Gasteiger partial charge in [0.1, 0.15) is 24.7 Å². The molecule has 0 bridgehead atoms. The van der Waals surface area contributed by atoms with E-state index in [1.807, 2.05) is 90.7 Å². The number of benzene rings is 3. The summed E-state index contributed by atoms with van der Waals surface area (Å²) in [5.74, 6) is 1.63. The van der Waals surface area contributed by atoms with E-state index in [4.69, 9.17) is 14.2 Å². The number of aryl methyl sites for hydroxylation is 1. The molecule has 1 saturated heterocycles. The fourth-order valence-corrected chi connectivity index (χ4v) is 4.49. The van der Waals surface area contributed by atoms with E-state index in [9.17, 15) is 4.79 Å². The highest BCUT2D eigenvalue weighted by Crippen LogP contribution is 2.27. The number of ether oxygens (including phenoxy) is 3. The quantitative estimate of drug-likeness (QED) is 0.454. The van der Waals surface area contributed by atoms with Crippen LogP contribution in [0.25, 0.3) is 0 Å². The van der Waals surface area contributed by atoms with Crippen molar-refractivity contribution in [3.63, 3.8) is 0 Å². The lowest BCUT2D eigenvalue weighted by atomic mass is 10.1. The van der Waals surface area contributed by atoms with Crippen molar-refractivity contribution in [1.29, 1.82) is 0 Å². The lowest BCUT2D eigenvalue weighted by molar-refractivity contribution is 0.0674. The molecule has 0 radical (unpaired) electrons. The summed E-state index contributed by atoms with van der Waals surface area (Å²) in [7, 11) is 1.66. The fourth-order valence-electron chi connectivity index (χ4n) is 4.49.